The van der Waals surface area contributed by atoms with Gasteiger partial charge in [-0.1, -0.05) is 11.6 Å². The lowest BCUT2D eigenvalue weighted by Crippen LogP contribution is -2.30. The zero-order valence-corrected chi connectivity index (χ0v) is 10.7. The summed E-state index contributed by atoms with van der Waals surface area (Å²) in [4.78, 5) is 3.94. The molecule has 0 amide bonds. The molecule has 2 rings (SSSR count). The molecule has 0 aliphatic rings. The average Bonchev–Trinajstić information content (AvgIpc) is 2.41. The van der Waals surface area contributed by atoms with E-state index < -0.39 is 5.82 Å². The van der Waals surface area contributed by atoms with Gasteiger partial charge in [0.15, 0.2) is 0 Å². The summed E-state index contributed by atoms with van der Waals surface area (Å²) in [5.74, 6) is 4.66. The maximum Gasteiger partial charge on any atom is 0.141 e. The topological polar surface area (TPSA) is 50.9 Å². The van der Waals surface area contributed by atoms with Gasteiger partial charge in [-0.05, 0) is 42.3 Å². The fourth-order valence-electron chi connectivity index (χ4n) is 1.76. The van der Waals surface area contributed by atoms with Crippen molar-refractivity contribution in [3.8, 4) is 0 Å². The van der Waals surface area contributed by atoms with E-state index in [1.165, 1.54) is 30.3 Å². The van der Waals surface area contributed by atoms with E-state index in [0.717, 1.165) is 6.20 Å². The number of pyridine rings is 1. The Morgan fingerprint density at radius 3 is 2.58 bits per heavy atom. The van der Waals surface area contributed by atoms with Crippen LogP contribution in [0, 0.1) is 11.6 Å². The summed E-state index contributed by atoms with van der Waals surface area (Å²) in [5.41, 5.74) is 3.73. The van der Waals surface area contributed by atoms with Gasteiger partial charge in [0.25, 0.3) is 0 Å². The lowest BCUT2D eigenvalue weighted by atomic mass is 10.0. The minimum Gasteiger partial charge on any atom is -0.271 e. The number of hydrogen-bond acceptors (Lipinski definition) is 3. The summed E-state index contributed by atoms with van der Waals surface area (Å²) in [6.07, 6.45) is 1.46. The van der Waals surface area contributed by atoms with Crippen LogP contribution in [0.25, 0.3) is 0 Å². The van der Waals surface area contributed by atoms with Gasteiger partial charge in [-0.15, -0.1) is 0 Å². The van der Waals surface area contributed by atoms with Gasteiger partial charge < -0.3 is 0 Å². The summed E-state index contributed by atoms with van der Waals surface area (Å²) in [6.45, 7) is 0. The Hall–Kier alpha value is -1.56. The molecule has 1 heterocycles. The Balaban J connectivity index is 2.23. The third-order valence-electron chi connectivity index (χ3n) is 2.74. The number of halogens is 3. The van der Waals surface area contributed by atoms with E-state index in [0.29, 0.717) is 22.7 Å². The van der Waals surface area contributed by atoms with Crippen LogP contribution < -0.4 is 11.3 Å². The second-order valence-electron chi connectivity index (χ2n) is 4.06. The molecule has 0 saturated carbocycles. The first kappa shape index (κ1) is 13.9. The highest BCUT2D eigenvalue weighted by Gasteiger charge is 2.14. The van der Waals surface area contributed by atoms with Crippen LogP contribution in [0.4, 0.5) is 8.78 Å². The van der Waals surface area contributed by atoms with Crippen molar-refractivity contribution < 1.29 is 8.78 Å². The quantitative estimate of drug-likeness (QED) is 0.670. The maximum absolute atomic E-state index is 13.2. The minimum atomic E-state index is -0.427. The van der Waals surface area contributed by atoms with Crippen molar-refractivity contribution in [2.24, 2.45) is 5.84 Å². The van der Waals surface area contributed by atoms with Crippen LogP contribution in [0.3, 0.4) is 0 Å². The summed E-state index contributed by atoms with van der Waals surface area (Å²) >= 11 is 5.99. The average molecular weight is 284 g/mol. The SMILES string of the molecule is NNC(Cc1cc(F)ccc1Cl)c1ccc(F)cn1. The molecule has 0 spiro atoms. The molecule has 1 aromatic carbocycles. The van der Waals surface area contributed by atoms with Crippen LogP contribution in [0.15, 0.2) is 36.5 Å². The molecular weight excluding hydrogens is 272 g/mol. The molecule has 3 N–H and O–H groups in total. The van der Waals surface area contributed by atoms with Crippen molar-refractivity contribution in [1.29, 1.82) is 0 Å². The van der Waals surface area contributed by atoms with Crippen LogP contribution in [-0.4, -0.2) is 4.98 Å². The minimum absolute atomic E-state index is 0.353. The van der Waals surface area contributed by atoms with E-state index in [-0.39, 0.29) is 11.9 Å². The second kappa shape index (κ2) is 6.06. The van der Waals surface area contributed by atoms with Crippen LogP contribution in [-0.2, 0) is 6.42 Å². The Labute approximate surface area is 114 Å². The number of nitrogens with two attached hydrogens (primary N) is 1. The Bertz CT molecular complexity index is 560. The van der Waals surface area contributed by atoms with E-state index in [9.17, 15) is 8.78 Å². The predicted octanol–water partition coefficient (Wildman–Crippen LogP) is 2.76. The van der Waals surface area contributed by atoms with E-state index in [1.54, 1.807) is 0 Å². The smallest absolute Gasteiger partial charge is 0.141 e. The lowest BCUT2D eigenvalue weighted by Gasteiger charge is -2.16. The van der Waals surface area contributed by atoms with Gasteiger partial charge in [0.05, 0.1) is 17.9 Å². The third kappa shape index (κ3) is 3.47. The molecule has 1 aromatic heterocycles. The van der Waals surface area contributed by atoms with E-state index >= 15 is 0 Å². The van der Waals surface area contributed by atoms with Gasteiger partial charge in [0.1, 0.15) is 11.6 Å². The number of hydrazine groups is 1. The molecule has 0 bridgehead atoms. The van der Waals surface area contributed by atoms with Crippen LogP contribution in [0.5, 0.6) is 0 Å². The predicted molar refractivity (Wildman–Crippen MR) is 69.4 cm³/mol. The van der Waals surface area contributed by atoms with Gasteiger partial charge >= 0.3 is 0 Å². The molecule has 0 aliphatic heterocycles. The molecule has 1 unspecified atom stereocenters. The molecule has 3 nitrogen and oxygen atoms in total. The van der Waals surface area contributed by atoms with Crippen molar-refractivity contribution in [1.82, 2.24) is 10.4 Å². The van der Waals surface area contributed by atoms with E-state index in [4.69, 9.17) is 17.4 Å². The summed E-state index contributed by atoms with van der Waals surface area (Å²) in [7, 11) is 0. The molecule has 19 heavy (non-hydrogen) atoms. The van der Waals surface area contributed by atoms with E-state index in [1.807, 2.05) is 0 Å². The zero-order valence-electron chi connectivity index (χ0n) is 9.91. The van der Waals surface area contributed by atoms with Crippen molar-refractivity contribution in [2.75, 3.05) is 0 Å². The highest BCUT2D eigenvalue weighted by molar-refractivity contribution is 6.31. The molecule has 6 heteroatoms. The molecule has 0 aliphatic carbocycles. The Morgan fingerprint density at radius 1 is 1.21 bits per heavy atom. The first-order valence-electron chi connectivity index (χ1n) is 5.61. The molecule has 0 radical (unpaired) electrons. The summed E-state index contributed by atoms with van der Waals surface area (Å²) in [5, 5.41) is 0.448. The second-order valence-corrected chi connectivity index (χ2v) is 4.47. The zero-order chi connectivity index (χ0) is 13.8. The number of aromatic nitrogens is 1. The highest BCUT2D eigenvalue weighted by Crippen LogP contribution is 2.23. The normalized spacial score (nSPS) is 12.4. The number of nitrogens with one attached hydrogen (secondary N) is 1. The van der Waals surface area contributed by atoms with Gasteiger partial charge in [-0.2, -0.15) is 0 Å². The number of hydrogen-bond donors (Lipinski definition) is 2. The summed E-state index contributed by atoms with van der Waals surface area (Å²) < 4.78 is 26.0. The van der Waals surface area contributed by atoms with Gasteiger partial charge in [0, 0.05) is 5.02 Å². The highest BCUT2D eigenvalue weighted by atomic mass is 35.5. The molecule has 1 atom stereocenters. The number of benzene rings is 1. The molecule has 0 saturated heterocycles. The Morgan fingerprint density at radius 2 is 1.95 bits per heavy atom. The molecule has 2 aromatic rings. The Kier molecular flexibility index (Phi) is 4.42. The van der Waals surface area contributed by atoms with Crippen LogP contribution in [0.1, 0.15) is 17.3 Å². The first-order valence-corrected chi connectivity index (χ1v) is 5.99. The molecule has 100 valence electrons. The third-order valence-corrected chi connectivity index (χ3v) is 3.11. The molecular formula is C13H12ClF2N3. The van der Waals surface area contributed by atoms with Crippen LogP contribution >= 0.6 is 11.6 Å². The maximum atomic E-state index is 13.2. The van der Waals surface area contributed by atoms with Crippen molar-refractivity contribution in [3.63, 3.8) is 0 Å². The van der Waals surface area contributed by atoms with Crippen molar-refractivity contribution in [2.45, 2.75) is 12.5 Å². The van der Waals surface area contributed by atoms with Crippen LogP contribution in [0.2, 0.25) is 5.02 Å². The number of rotatable bonds is 4. The first-order chi connectivity index (χ1) is 9.10. The van der Waals surface area contributed by atoms with E-state index in [2.05, 4.69) is 10.4 Å². The number of nitrogens with zero attached hydrogens (tertiary/aromatic N) is 1. The van der Waals surface area contributed by atoms with Crippen molar-refractivity contribution >= 4 is 11.6 Å². The fraction of sp³-hybridized carbons (Fsp3) is 0.154. The fourth-order valence-corrected chi connectivity index (χ4v) is 1.96. The lowest BCUT2D eigenvalue weighted by molar-refractivity contribution is 0.531. The van der Waals surface area contributed by atoms with Gasteiger partial charge in [0.2, 0.25) is 0 Å². The van der Waals surface area contributed by atoms with Gasteiger partial charge in [-0.3, -0.25) is 16.3 Å². The molecule has 0 fully saturated rings. The largest absolute Gasteiger partial charge is 0.271 e. The standard InChI is InChI=1S/C13H12ClF2N3/c14-11-3-1-9(15)5-8(11)6-13(19-17)12-4-2-10(16)7-18-12/h1-5,7,13,19H,6,17H2. The summed E-state index contributed by atoms with van der Waals surface area (Å²) in [6, 6.07) is 6.55. The van der Waals surface area contributed by atoms with Crippen molar-refractivity contribution in [3.05, 3.63) is 64.4 Å². The van der Waals surface area contributed by atoms with Gasteiger partial charge in [-0.25, -0.2) is 8.78 Å². The monoisotopic (exact) mass is 283 g/mol.